The van der Waals surface area contributed by atoms with E-state index in [4.69, 9.17) is 9.15 Å². The van der Waals surface area contributed by atoms with Gasteiger partial charge in [-0.15, -0.1) is 0 Å². The van der Waals surface area contributed by atoms with Gasteiger partial charge in [-0.1, -0.05) is 0 Å². The number of benzene rings is 1. The zero-order valence-corrected chi connectivity index (χ0v) is 19.6. The first kappa shape index (κ1) is 21.9. The van der Waals surface area contributed by atoms with Crippen LogP contribution in [-0.4, -0.2) is 29.1 Å². The van der Waals surface area contributed by atoms with Crippen molar-refractivity contribution in [2.24, 2.45) is 0 Å². The second-order valence-corrected chi connectivity index (χ2v) is 10.8. The maximum absolute atomic E-state index is 12.9. The van der Waals surface area contributed by atoms with Crippen molar-refractivity contribution in [3.8, 4) is 5.75 Å². The molecule has 0 unspecified atom stereocenters. The molecule has 3 N–H and O–H groups in total. The molecule has 0 saturated carbocycles. The quantitative estimate of drug-likeness (QED) is 0.735. The summed E-state index contributed by atoms with van der Waals surface area (Å²) in [7, 11) is 0. The van der Waals surface area contributed by atoms with Gasteiger partial charge in [-0.2, -0.15) is 0 Å². The lowest BCUT2D eigenvalue weighted by Gasteiger charge is -2.43. The molecular weight excluding hydrogens is 392 g/mol. The number of aryl methyl sites for hydroxylation is 2. The summed E-state index contributed by atoms with van der Waals surface area (Å²) in [6, 6.07) is 3.96. The SMILES string of the molecule is Cc1c(O[C@@H](C)C(=O)NC2CC(C)(C)[NH2+]C(C)(C)C2)ccc2c3c(c(=O)oc12)CCC3. The van der Waals surface area contributed by atoms with E-state index >= 15 is 0 Å². The smallest absolute Gasteiger partial charge is 0.339 e. The fourth-order valence-corrected chi connectivity index (χ4v) is 5.77. The van der Waals surface area contributed by atoms with Crippen LogP contribution >= 0.6 is 0 Å². The lowest BCUT2D eigenvalue weighted by Crippen LogP contribution is -3.06. The van der Waals surface area contributed by atoms with E-state index in [9.17, 15) is 9.59 Å². The normalized spacial score (nSPS) is 21.0. The monoisotopic (exact) mass is 427 g/mol. The van der Waals surface area contributed by atoms with Crippen LogP contribution in [0.4, 0.5) is 0 Å². The van der Waals surface area contributed by atoms with Crippen LogP contribution in [-0.2, 0) is 17.6 Å². The molecule has 0 bridgehead atoms. The van der Waals surface area contributed by atoms with Crippen molar-refractivity contribution in [3.63, 3.8) is 0 Å². The molecule has 1 aliphatic carbocycles. The van der Waals surface area contributed by atoms with E-state index in [-0.39, 0.29) is 28.7 Å². The van der Waals surface area contributed by atoms with Crippen LogP contribution in [0, 0.1) is 6.92 Å². The van der Waals surface area contributed by atoms with E-state index in [2.05, 4.69) is 38.3 Å². The van der Waals surface area contributed by atoms with Gasteiger partial charge >= 0.3 is 5.63 Å². The van der Waals surface area contributed by atoms with Crippen molar-refractivity contribution in [1.82, 2.24) is 5.32 Å². The van der Waals surface area contributed by atoms with Gasteiger partial charge in [-0.3, -0.25) is 4.79 Å². The first-order valence-electron chi connectivity index (χ1n) is 11.4. The third-order valence-corrected chi connectivity index (χ3v) is 6.69. The summed E-state index contributed by atoms with van der Waals surface area (Å²) in [5, 5.41) is 6.57. The number of fused-ring (bicyclic) bond motifs is 3. The summed E-state index contributed by atoms with van der Waals surface area (Å²) in [5.41, 5.74) is 3.16. The minimum absolute atomic E-state index is 0.0799. The highest BCUT2D eigenvalue weighted by Crippen LogP contribution is 2.33. The van der Waals surface area contributed by atoms with Crippen LogP contribution in [0.3, 0.4) is 0 Å². The van der Waals surface area contributed by atoms with E-state index in [1.165, 1.54) is 0 Å². The zero-order chi connectivity index (χ0) is 22.6. The number of quaternary nitrogens is 1. The number of carbonyl (C=O) groups excluding carboxylic acids is 1. The van der Waals surface area contributed by atoms with Gasteiger partial charge in [-0.05, 0) is 78.5 Å². The highest BCUT2D eigenvalue weighted by atomic mass is 16.5. The Bertz CT molecular complexity index is 1070. The van der Waals surface area contributed by atoms with Gasteiger partial charge in [0, 0.05) is 35.4 Å². The standard InChI is InChI=1S/C25H34N2O4/c1-14-20(11-10-18-17-8-7-9-19(17)23(29)31-21(14)18)30-15(2)22(28)26-16-12-24(3,4)27-25(5,6)13-16/h10-11,15-16,27H,7-9,12-13H2,1-6H3,(H,26,28)/p+1/t15-/m0/s1. The lowest BCUT2D eigenvalue weighted by molar-refractivity contribution is -0.787. The fourth-order valence-electron chi connectivity index (χ4n) is 5.77. The maximum Gasteiger partial charge on any atom is 0.339 e. The Morgan fingerprint density at radius 2 is 1.81 bits per heavy atom. The molecular formula is C25H35N2O4+. The summed E-state index contributed by atoms with van der Waals surface area (Å²) in [6.45, 7) is 12.5. The number of hydrogen-bond acceptors (Lipinski definition) is 4. The average Bonchev–Trinajstić information content (AvgIpc) is 3.12. The van der Waals surface area contributed by atoms with Gasteiger partial charge in [-0.25, -0.2) is 4.79 Å². The summed E-state index contributed by atoms with van der Waals surface area (Å²) in [5.74, 6) is 0.460. The molecule has 2 heterocycles. The summed E-state index contributed by atoms with van der Waals surface area (Å²) >= 11 is 0. The highest BCUT2D eigenvalue weighted by Gasteiger charge is 2.42. The van der Waals surface area contributed by atoms with Gasteiger partial charge in [0.05, 0.1) is 11.1 Å². The molecule has 0 spiro atoms. The Balaban J connectivity index is 1.51. The summed E-state index contributed by atoms with van der Waals surface area (Å²) in [6.07, 6.45) is 3.87. The molecule has 1 amide bonds. The molecule has 1 fully saturated rings. The van der Waals surface area contributed by atoms with Gasteiger partial charge in [0.2, 0.25) is 0 Å². The molecule has 4 rings (SSSR count). The van der Waals surface area contributed by atoms with Crippen molar-refractivity contribution in [2.45, 2.75) is 96.9 Å². The molecule has 0 radical (unpaired) electrons. The fraction of sp³-hybridized carbons (Fsp3) is 0.600. The molecule has 6 nitrogen and oxygen atoms in total. The minimum Gasteiger partial charge on any atom is -0.480 e. The van der Waals surface area contributed by atoms with E-state index in [1.54, 1.807) is 6.92 Å². The van der Waals surface area contributed by atoms with E-state index < -0.39 is 6.10 Å². The second kappa shape index (κ2) is 7.66. The number of piperidine rings is 1. The van der Waals surface area contributed by atoms with E-state index in [0.29, 0.717) is 11.3 Å². The summed E-state index contributed by atoms with van der Waals surface area (Å²) < 4.78 is 11.7. The Labute approximate surface area is 183 Å². The van der Waals surface area contributed by atoms with Crippen LogP contribution in [0.1, 0.15) is 70.6 Å². The van der Waals surface area contributed by atoms with E-state index in [1.807, 2.05) is 19.1 Å². The summed E-state index contributed by atoms with van der Waals surface area (Å²) in [4.78, 5) is 25.3. The van der Waals surface area contributed by atoms with Crippen LogP contribution in [0.25, 0.3) is 11.0 Å². The van der Waals surface area contributed by atoms with Crippen molar-refractivity contribution in [1.29, 1.82) is 0 Å². The Hall–Kier alpha value is -2.34. The first-order valence-corrected chi connectivity index (χ1v) is 11.4. The first-order chi connectivity index (χ1) is 14.5. The number of hydrogen-bond donors (Lipinski definition) is 2. The molecule has 1 atom stereocenters. The van der Waals surface area contributed by atoms with Crippen LogP contribution in [0.5, 0.6) is 5.75 Å². The van der Waals surface area contributed by atoms with Crippen molar-refractivity contribution >= 4 is 16.9 Å². The number of rotatable bonds is 4. The van der Waals surface area contributed by atoms with Crippen molar-refractivity contribution in [2.75, 3.05) is 0 Å². The minimum atomic E-state index is -0.644. The predicted octanol–water partition coefficient (Wildman–Crippen LogP) is 2.76. The Morgan fingerprint density at radius 3 is 2.48 bits per heavy atom. The molecule has 1 aliphatic heterocycles. The average molecular weight is 428 g/mol. The van der Waals surface area contributed by atoms with Gasteiger partial charge in [0.1, 0.15) is 11.3 Å². The van der Waals surface area contributed by atoms with Crippen LogP contribution < -0.4 is 21.0 Å². The van der Waals surface area contributed by atoms with Crippen molar-refractivity contribution in [3.05, 3.63) is 39.2 Å². The molecule has 2 aromatic rings. The van der Waals surface area contributed by atoms with Crippen LogP contribution in [0.2, 0.25) is 0 Å². The maximum atomic E-state index is 12.9. The third kappa shape index (κ3) is 4.36. The molecule has 2 aliphatic rings. The molecule has 1 aromatic heterocycles. The molecule has 31 heavy (non-hydrogen) atoms. The number of carbonyl (C=O) groups is 1. The van der Waals surface area contributed by atoms with Gasteiger partial charge in [0.25, 0.3) is 5.91 Å². The van der Waals surface area contributed by atoms with Crippen molar-refractivity contribution < 1.29 is 19.3 Å². The van der Waals surface area contributed by atoms with Gasteiger partial charge < -0.3 is 19.8 Å². The predicted molar refractivity (Wildman–Crippen MR) is 121 cm³/mol. The topological polar surface area (TPSA) is 85.1 Å². The number of ether oxygens (including phenoxy) is 1. The molecule has 6 heteroatoms. The molecule has 1 saturated heterocycles. The zero-order valence-electron chi connectivity index (χ0n) is 19.6. The largest absolute Gasteiger partial charge is 0.480 e. The number of nitrogens with two attached hydrogens (primary N) is 1. The second-order valence-electron chi connectivity index (χ2n) is 10.8. The molecule has 168 valence electrons. The Kier molecular flexibility index (Phi) is 5.41. The third-order valence-electron chi connectivity index (χ3n) is 6.69. The molecule has 1 aromatic carbocycles. The Morgan fingerprint density at radius 1 is 1.16 bits per heavy atom. The highest BCUT2D eigenvalue weighted by molar-refractivity contribution is 5.86. The van der Waals surface area contributed by atoms with E-state index in [0.717, 1.165) is 54.2 Å². The number of nitrogens with one attached hydrogen (secondary N) is 1. The lowest BCUT2D eigenvalue weighted by atomic mass is 9.79. The van der Waals surface area contributed by atoms with Crippen LogP contribution in [0.15, 0.2) is 21.3 Å². The number of amides is 1. The van der Waals surface area contributed by atoms with Gasteiger partial charge in [0.15, 0.2) is 6.10 Å².